The molecule has 34 heavy (non-hydrogen) atoms. The molecule has 0 unspecified atom stereocenters. The van der Waals surface area contributed by atoms with Gasteiger partial charge < -0.3 is 24.1 Å². The van der Waals surface area contributed by atoms with Crippen molar-refractivity contribution in [2.24, 2.45) is 28.6 Å². The van der Waals surface area contributed by atoms with Gasteiger partial charge in [0.2, 0.25) is 0 Å². The summed E-state index contributed by atoms with van der Waals surface area (Å²) in [6, 6.07) is 0. The van der Waals surface area contributed by atoms with Crippen LogP contribution >= 0.6 is 0 Å². The highest BCUT2D eigenvalue weighted by molar-refractivity contribution is 5.85. The van der Waals surface area contributed by atoms with Gasteiger partial charge in [-0.05, 0) is 62.7 Å². The van der Waals surface area contributed by atoms with Crippen molar-refractivity contribution in [1.29, 1.82) is 0 Å². The molecule has 0 aromatic heterocycles. The fraction of sp³-hybridized carbons (Fsp3) is 0.885. The van der Waals surface area contributed by atoms with E-state index in [9.17, 15) is 19.5 Å². The van der Waals surface area contributed by atoms with Gasteiger partial charge in [-0.25, -0.2) is 0 Å². The van der Waals surface area contributed by atoms with Gasteiger partial charge in [0.15, 0.2) is 12.1 Å². The second-order valence-corrected chi connectivity index (χ2v) is 11.7. The molecule has 9 atom stereocenters. The number of esters is 2. The molecule has 5 rings (SSSR count). The predicted molar refractivity (Wildman–Crippen MR) is 119 cm³/mol. The monoisotopic (exact) mass is 478 g/mol. The molecule has 0 amide bonds. The lowest BCUT2D eigenvalue weighted by Gasteiger charge is -2.63. The van der Waals surface area contributed by atoms with Gasteiger partial charge in [-0.1, -0.05) is 6.92 Å². The number of hydrogen-bond donors (Lipinski definition) is 1. The molecule has 1 spiro atoms. The number of carbonyl (C=O) groups excluding carboxylic acids is 3. The molecule has 190 valence electrons. The molecular weight excluding hydrogens is 440 g/mol. The van der Waals surface area contributed by atoms with Crippen LogP contribution in [0.15, 0.2) is 0 Å². The van der Waals surface area contributed by atoms with Crippen molar-refractivity contribution >= 4 is 17.7 Å². The maximum atomic E-state index is 13.1. The Morgan fingerprint density at radius 1 is 0.971 bits per heavy atom. The number of fused-ring (bicyclic) bond motifs is 1. The molecule has 2 bridgehead atoms. The van der Waals surface area contributed by atoms with Crippen molar-refractivity contribution in [2.75, 3.05) is 13.7 Å². The second-order valence-electron chi connectivity index (χ2n) is 11.7. The Morgan fingerprint density at radius 3 is 2.41 bits per heavy atom. The van der Waals surface area contributed by atoms with Crippen LogP contribution in [0.2, 0.25) is 0 Å². The highest BCUT2D eigenvalue weighted by Gasteiger charge is 2.79. The highest BCUT2D eigenvalue weighted by atomic mass is 16.7. The van der Waals surface area contributed by atoms with Crippen LogP contribution in [0, 0.1) is 28.6 Å². The van der Waals surface area contributed by atoms with E-state index < -0.39 is 28.9 Å². The van der Waals surface area contributed by atoms with Crippen LogP contribution in [0.3, 0.4) is 0 Å². The standard InChI is InChI=1S/C26H38O8/c1-15(27)32-14-19(29)18-5-6-20-23(18,3)9-8-21-25-10-7-17(33-16(2)28)13-24(25,30)11-12-26(20,21)34-22(25)31-4/h17-18,20-22,30H,5-14H2,1-4H3/t17-,18-,20-,21-,22-,23-,24+,25-,26-/m1/s1. The van der Waals surface area contributed by atoms with E-state index in [1.807, 2.05) is 0 Å². The summed E-state index contributed by atoms with van der Waals surface area (Å²) in [6.45, 7) is 4.78. The summed E-state index contributed by atoms with van der Waals surface area (Å²) in [6.07, 6.45) is 5.60. The largest absolute Gasteiger partial charge is 0.462 e. The van der Waals surface area contributed by atoms with Crippen molar-refractivity contribution in [3.63, 3.8) is 0 Å². The van der Waals surface area contributed by atoms with E-state index in [4.69, 9.17) is 18.9 Å². The lowest BCUT2D eigenvalue weighted by Crippen LogP contribution is -2.67. The summed E-state index contributed by atoms with van der Waals surface area (Å²) in [5.74, 6) is -0.603. The number of carbonyl (C=O) groups is 3. The third kappa shape index (κ3) is 3.10. The Morgan fingerprint density at radius 2 is 1.74 bits per heavy atom. The van der Waals surface area contributed by atoms with E-state index in [-0.39, 0.29) is 47.6 Å². The van der Waals surface area contributed by atoms with Crippen LogP contribution in [-0.4, -0.2) is 60.1 Å². The molecule has 1 N–H and O–H groups in total. The first-order valence-electron chi connectivity index (χ1n) is 12.8. The van der Waals surface area contributed by atoms with Gasteiger partial charge in [-0.3, -0.25) is 14.4 Å². The molecule has 4 saturated carbocycles. The Kier molecular flexibility index (Phi) is 5.69. The van der Waals surface area contributed by atoms with Gasteiger partial charge in [0.05, 0.1) is 16.6 Å². The first-order valence-corrected chi connectivity index (χ1v) is 12.8. The molecule has 1 heterocycles. The molecule has 5 aliphatic rings. The number of Topliss-reactive ketones (excluding diaryl/α,β-unsaturated/α-hetero) is 1. The maximum Gasteiger partial charge on any atom is 0.303 e. The lowest BCUT2D eigenvalue weighted by atomic mass is 9.42. The average molecular weight is 479 g/mol. The van der Waals surface area contributed by atoms with E-state index in [2.05, 4.69) is 6.92 Å². The maximum absolute atomic E-state index is 13.1. The van der Waals surface area contributed by atoms with Gasteiger partial charge in [0, 0.05) is 39.2 Å². The second kappa shape index (κ2) is 8.00. The topological polar surface area (TPSA) is 108 Å². The normalized spacial score (nSPS) is 48.9. The molecular formula is C26H38O8. The molecule has 8 heteroatoms. The van der Waals surface area contributed by atoms with Gasteiger partial charge in [0.25, 0.3) is 0 Å². The molecule has 1 aliphatic heterocycles. The lowest BCUT2D eigenvalue weighted by molar-refractivity contribution is -0.241. The van der Waals surface area contributed by atoms with Crippen LogP contribution < -0.4 is 0 Å². The Labute approximate surface area is 201 Å². The number of aliphatic hydroxyl groups is 1. The van der Waals surface area contributed by atoms with Crippen molar-refractivity contribution < 1.29 is 38.4 Å². The summed E-state index contributed by atoms with van der Waals surface area (Å²) in [5, 5.41) is 12.1. The van der Waals surface area contributed by atoms with Crippen molar-refractivity contribution in [3.8, 4) is 0 Å². The molecule has 8 nitrogen and oxygen atoms in total. The van der Waals surface area contributed by atoms with Gasteiger partial charge in [-0.15, -0.1) is 0 Å². The van der Waals surface area contributed by atoms with Crippen LogP contribution in [0.4, 0.5) is 0 Å². The smallest absolute Gasteiger partial charge is 0.303 e. The van der Waals surface area contributed by atoms with Crippen LogP contribution in [0.1, 0.15) is 78.6 Å². The van der Waals surface area contributed by atoms with E-state index in [1.165, 1.54) is 13.8 Å². The Hall–Kier alpha value is -1.51. The Balaban J connectivity index is 1.46. The molecule has 0 radical (unpaired) electrons. The van der Waals surface area contributed by atoms with Gasteiger partial charge in [0.1, 0.15) is 12.7 Å². The molecule has 4 aliphatic carbocycles. The Bertz CT molecular complexity index is 888. The minimum absolute atomic E-state index is 0.000237. The summed E-state index contributed by atoms with van der Waals surface area (Å²) in [5.41, 5.74) is -2.24. The first kappa shape index (κ1) is 24.2. The van der Waals surface area contributed by atoms with Crippen molar-refractivity contribution in [3.05, 3.63) is 0 Å². The molecule has 5 fully saturated rings. The number of ether oxygens (including phenoxy) is 4. The summed E-state index contributed by atoms with van der Waals surface area (Å²) >= 11 is 0. The minimum atomic E-state index is -1.02. The van der Waals surface area contributed by atoms with E-state index in [1.54, 1.807) is 7.11 Å². The third-order valence-corrected chi connectivity index (χ3v) is 10.5. The quantitative estimate of drug-likeness (QED) is 0.601. The summed E-state index contributed by atoms with van der Waals surface area (Å²) in [4.78, 5) is 35.9. The predicted octanol–water partition coefficient (Wildman–Crippen LogP) is 2.93. The van der Waals surface area contributed by atoms with Crippen LogP contribution in [0.25, 0.3) is 0 Å². The zero-order chi connectivity index (χ0) is 24.5. The van der Waals surface area contributed by atoms with E-state index in [0.717, 1.165) is 25.7 Å². The first-order chi connectivity index (χ1) is 16.0. The molecule has 1 saturated heterocycles. The van der Waals surface area contributed by atoms with E-state index >= 15 is 0 Å². The van der Waals surface area contributed by atoms with Crippen molar-refractivity contribution in [1.82, 2.24) is 0 Å². The molecule has 0 aromatic carbocycles. The highest BCUT2D eigenvalue weighted by Crippen LogP contribution is 2.75. The van der Waals surface area contributed by atoms with Crippen LogP contribution in [0.5, 0.6) is 0 Å². The van der Waals surface area contributed by atoms with Crippen LogP contribution in [-0.2, 0) is 33.3 Å². The fourth-order valence-electron chi connectivity index (χ4n) is 9.33. The summed E-state index contributed by atoms with van der Waals surface area (Å²) < 4.78 is 23.4. The SMILES string of the molecule is CO[C@@H]1O[C@@]23CC[C@]4(O)C[C@H](OC(C)=O)CC[C@@]14[C@H]2CC[C@]1(C)[C@@H](C(=O)COC(C)=O)CC[C@H]13. The number of hydrogen-bond acceptors (Lipinski definition) is 8. The van der Waals surface area contributed by atoms with Gasteiger partial charge >= 0.3 is 11.9 Å². The minimum Gasteiger partial charge on any atom is -0.462 e. The van der Waals surface area contributed by atoms with Gasteiger partial charge in [-0.2, -0.15) is 0 Å². The number of rotatable bonds is 5. The average Bonchev–Trinajstić information content (AvgIpc) is 3.23. The van der Waals surface area contributed by atoms with Crippen molar-refractivity contribution in [2.45, 2.75) is 102 Å². The summed E-state index contributed by atoms with van der Waals surface area (Å²) in [7, 11) is 1.65. The zero-order valence-electron chi connectivity index (χ0n) is 20.8. The number of ketones is 1. The molecule has 0 aromatic rings. The van der Waals surface area contributed by atoms with E-state index in [0.29, 0.717) is 32.1 Å². The third-order valence-electron chi connectivity index (χ3n) is 10.5. The zero-order valence-corrected chi connectivity index (χ0v) is 20.8. The number of methoxy groups -OCH3 is 1. The fourth-order valence-corrected chi connectivity index (χ4v) is 9.33.